The number of amides is 1. The molecule has 1 aromatic carbocycles. The van der Waals surface area contributed by atoms with Crippen molar-refractivity contribution >= 4 is 17.5 Å². The van der Waals surface area contributed by atoms with E-state index in [0.717, 1.165) is 0 Å². The molecule has 0 saturated heterocycles. The van der Waals surface area contributed by atoms with Gasteiger partial charge in [-0.2, -0.15) is 15.5 Å². The molecule has 1 amide bonds. The van der Waals surface area contributed by atoms with Crippen molar-refractivity contribution in [2.45, 2.75) is 25.7 Å². The SMILES string of the molecule is COc1ccc(C2(C)CC(=O)C(C)C3(C#N)C(=O)N=C(N)C23C#N)cc1. The molecule has 0 bridgehead atoms. The molecule has 7 nitrogen and oxygen atoms in total. The summed E-state index contributed by atoms with van der Waals surface area (Å²) in [4.78, 5) is 29.3. The predicted molar refractivity (Wildman–Crippen MR) is 91.9 cm³/mol. The lowest BCUT2D eigenvalue weighted by Gasteiger charge is -2.53. The van der Waals surface area contributed by atoms with Crippen LogP contribution < -0.4 is 10.5 Å². The summed E-state index contributed by atoms with van der Waals surface area (Å²) >= 11 is 0. The first-order valence-electron chi connectivity index (χ1n) is 8.14. The summed E-state index contributed by atoms with van der Waals surface area (Å²) < 4.78 is 5.16. The molecule has 0 radical (unpaired) electrons. The molecule has 2 aliphatic rings. The average molecular weight is 350 g/mol. The van der Waals surface area contributed by atoms with Crippen molar-refractivity contribution in [3.63, 3.8) is 0 Å². The fourth-order valence-electron chi connectivity index (χ4n) is 4.52. The highest BCUT2D eigenvalue weighted by Crippen LogP contribution is 2.64. The van der Waals surface area contributed by atoms with Crippen LogP contribution in [-0.4, -0.2) is 24.6 Å². The Morgan fingerprint density at radius 2 is 1.85 bits per heavy atom. The number of aliphatic imine (C=N–C) groups is 1. The predicted octanol–water partition coefficient (Wildman–Crippen LogP) is 1.48. The van der Waals surface area contributed by atoms with E-state index in [9.17, 15) is 20.1 Å². The molecule has 3 rings (SSSR count). The lowest BCUT2D eigenvalue weighted by Crippen LogP contribution is -2.66. The Balaban J connectivity index is 2.37. The van der Waals surface area contributed by atoms with Crippen LogP contribution in [0.2, 0.25) is 0 Å². The van der Waals surface area contributed by atoms with E-state index in [1.165, 1.54) is 14.0 Å². The van der Waals surface area contributed by atoms with Crippen LogP contribution in [0.3, 0.4) is 0 Å². The Labute approximate surface area is 151 Å². The van der Waals surface area contributed by atoms with Gasteiger partial charge in [0.15, 0.2) is 10.8 Å². The number of hydrogen-bond acceptors (Lipinski definition) is 6. The molecule has 1 aliphatic heterocycles. The van der Waals surface area contributed by atoms with Crippen molar-refractivity contribution in [2.75, 3.05) is 7.11 Å². The molecule has 7 heteroatoms. The van der Waals surface area contributed by atoms with Crippen molar-refractivity contribution < 1.29 is 14.3 Å². The topological polar surface area (TPSA) is 129 Å². The number of benzene rings is 1. The van der Waals surface area contributed by atoms with Crippen molar-refractivity contribution in [3.8, 4) is 17.9 Å². The number of ketones is 1. The normalized spacial score (nSPS) is 35.9. The number of nitriles is 2. The first-order valence-corrected chi connectivity index (χ1v) is 8.14. The Kier molecular flexibility index (Phi) is 3.66. The number of ether oxygens (including phenoxy) is 1. The van der Waals surface area contributed by atoms with Gasteiger partial charge >= 0.3 is 0 Å². The van der Waals surface area contributed by atoms with Crippen molar-refractivity contribution in [1.82, 2.24) is 0 Å². The maximum absolute atomic E-state index is 12.8. The first kappa shape index (κ1) is 17.6. The highest BCUT2D eigenvalue weighted by atomic mass is 16.5. The molecule has 0 aromatic heterocycles. The molecule has 1 aliphatic carbocycles. The largest absolute Gasteiger partial charge is 0.497 e. The molecule has 1 saturated carbocycles. The Hall–Kier alpha value is -3.19. The summed E-state index contributed by atoms with van der Waals surface area (Å²) in [5.74, 6) is -1.66. The zero-order valence-corrected chi connectivity index (χ0v) is 14.7. The molecule has 1 aromatic rings. The lowest BCUT2D eigenvalue weighted by molar-refractivity contribution is -0.145. The highest BCUT2D eigenvalue weighted by Gasteiger charge is 2.77. The minimum atomic E-state index is -1.93. The number of rotatable bonds is 2. The Morgan fingerprint density at radius 1 is 1.23 bits per heavy atom. The summed E-state index contributed by atoms with van der Waals surface area (Å²) in [7, 11) is 1.53. The van der Waals surface area contributed by atoms with E-state index in [4.69, 9.17) is 10.5 Å². The Morgan fingerprint density at radius 3 is 2.35 bits per heavy atom. The van der Waals surface area contributed by atoms with E-state index in [0.29, 0.717) is 11.3 Å². The van der Waals surface area contributed by atoms with Gasteiger partial charge in [-0.1, -0.05) is 26.0 Å². The van der Waals surface area contributed by atoms with E-state index in [2.05, 4.69) is 11.1 Å². The van der Waals surface area contributed by atoms with Gasteiger partial charge in [-0.25, -0.2) is 0 Å². The quantitative estimate of drug-likeness (QED) is 0.860. The summed E-state index contributed by atoms with van der Waals surface area (Å²) in [5.41, 5.74) is 1.85. The standard InChI is InChI=1S/C19H18N4O3/c1-11-14(24)8-17(2,12-4-6-13(26-3)7-5-12)19(10-21)15(22)23-16(25)18(11,19)9-20/h4-7,11H,8H2,1-3H3,(H2,22,23,25). The number of amidine groups is 1. The number of Topliss-reactive ketones (excluding diaryl/α,β-unsaturated/α-hetero) is 1. The van der Waals surface area contributed by atoms with Crippen molar-refractivity contribution in [3.05, 3.63) is 29.8 Å². The van der Waals surface area contributed by atoms with Crippen LogP contribution in [0.5, 0.6) is 5.75 Å². The van der Waals surface area contributed by atoms with E-state index in [1.807, 2.05) is 6.07 Å². The molecule has 1 fully saturated rings. The number of nitrogens with two attached hydrogens (primary N) is 1. The van der Waals surface area contributed by atoms with Crippen LogP contribution in [0.4, 0.5) is 0 Å². The van der Waals surface area contributed by atoms with Crippen molar-refractivity contribution in [1.29, 1.82) is 10.5 Å². The van der Waals surface area contributed by atoms with Gasteiger partial charge < -0.3 is 10.5 Å². The molecule has 26 heavy (non-hydrogen) atoms. The molecule has 1 heterocycles. The van der Waals surface area contributed by atoms with Gasteiger partial charge in [-0.3, -0.25) is 9.59 Å². The fraction of sp³-hybridized carbons (Fsp3) is 0.421. The summed E-state index contributed by atoms with van der Waals surface area (Å²) in [6.45, 7) is 3.19. The van der Waals surface area contributed by atoms with Crippen LogP contribution in [0.15, 0.2) is 29.3 Å². The number of nitrogens with zero attached hydrogens (tertiary/aromatic N) is 3. The van der Waals surface area contributed by atoms with Gasteiger partial charge in [-0.15, -0.1) is 0 Å². The van der Waals surface area contributed by atoms with Gasteiger partial charge in [-0.05, 0) is 17.7 Å². The second-order valence-electron chi connectivity index (χ2n) is 7.01. The van der Waals surface area contributed by atoms with Crippen molar-refractivity contribution in [2.24, 2.45) is 27.5 Å². The zero-order chi connectivity index (χ0) is 19.3. The number of carbonyl (C=O) groups excluding carboxylic acids is 2. The molecule has 0 spiro atoms. The zero-order valence-electron chi connectivity index (χ0n) is 14.7. The Bertz CT molecular complexity index is 924. The number of hydrogen-bond donors (Lipinski definition) is 1. The maximum Gasteiger partial charge on any atom is 0.270 e. The van der Waals surface area contributed by atoms with E-state index < -0.39 is 28.1 Å². The van der Waals surface area contributed by atoms with E-state index in [-0.39, 0.29) is 18.0 Å². The van der Waals surface area contributed by atoms with E-state index >= 15 is 0 Å². The number of fused-ring (bicyclic) bond motifs is 1. The lowest BCUT2D eigenvalue weighted by atomic mass is 9.42. The molecular weight excluding hydrogens is 332 g/mol. The third-order valence-electron chi connectivity index (χ3n) is 6.09. The molecule has 4 unspecified atom stereocenters. The molecule has 4 atom stereocenters. The molecule has 132 valence electrons. The van der Waals surface area contributed by atoms with Gasteiger partial charge in [0.2, 0.25) is 0 Å². The average Bonchev–Trinajstić information content (AvgIpc) is 2.87. The summed E-state index contributed by atoms with van der Waals surface area (Å²) in [5, 5.41) is 20.2. The van der Waals surface area contributed by atoms with E-state index in [1.54, 1.807) is 31.2 Å². The van der Waals surface area contributed by atoms with Crippen LogP contribution in [-0.2, 0) is 15.0 Å². The summed E-state index contributed by atoms with van der Waals surface area (Å²) in [6, 6.07) is 10.9. The molecular formula is C19H18N4O3. The third-order valence-corrected chi connectivity index (χ3v) is 6.09. The van der Waals surface area contributed by atoms with Crippen LogP contribution in [0.25, 0.3) is 0 Å². The summed E-state index contributed by atoms with van der Waals surface area (Å²) in [6.07, 6.45) is -0.0268. The van der Waals surface area contributed by atoms with Crippen LogP contribution >= 0.6 is 0 Å². The van der Waals surface area contributed by atoms with Gasteiger partial charge in [0.25, 0.3) is 5.91 Å². The number of carbonyl (C=O) groups is 2. The smallest absolute Gasteiger partial charge is 0.270 e. The minimum Gasteiger partial charge on any atom is -0.497 e. The first-order chi connectivity index (χ1) is 12.2. The third kappa shape index (κ3) is 1.68. The second kappa shape index (κ2) is 5.40. The van der Waals surface area contributed by atoms with Gasteiger partial charge in [0.1, 0.15) is 17.4 Å². The second-order valence-corrected chi connectivity index (χ2v) is 7.01. The fourth-order valence-corrected chi connectivity index (χ4v) is 4.52. The monoisotopic (exact) mass is 350 g/mol. The highest BCUT2D eigenvalue weighted by molar-refractivity contribution is 6.15. The number of methoxy groups -OCH3 is 1. The van der Waals surface area contributed by atoms with Crippen LogP contribution in [0, 0.1) is 39.4 Å². The molecule has 2 N–H and O–H groups in total. The minimum absolute atomic E-state index is 0.0268. The maximum atomic E-state index is 12.8. The van der Waals surface area contributed by atoms with Gasteiger partial charge in [0.05, 0.1) is 19.2 Å². The van der Waals surface area contributed by atoms with Gasteiger partial charge in [0, 0.05) is 17.8 Å². The van der Waals surface area contributed by atoms with Crippen LogP contribution in [0.1, 0.15) is 25.8 Å².